The van der Waals surface area contributed by atoms with Crippen molar-refractivity contribution in [2.75, 3.05) is 0 Å². The van der Waals surface area contributed by atoms with Gasteiger partial charge in [-0.2, -0.15) is 0 Å². The molecule has 0 saturated heterocycles. The van der Waals surface area contributed by atoms with E-state index < -0.39 is 5.09 Å². The summed E-state index contributed by atoms with van der Waals surface area (Å²) in [5, 5.41) is 28.1. The fraction of sp³-hybridized carbons (Fsp3) is 0. The average molecular weight is 461 g/mol. The van der Waals surface area contributed by atoms with Crippen molar-refractivity contribution >= 4 is 39.7 Å². The van der Waals surface area contributed by atoms with Crippen LogP contribution < -0.4 is 5.11 Å². The van der Waals surface area contributed by atoms with Crippen LogP contribution in [0.2, 0.25) is 5.02 Å². The number of carbonyl (C=O) groups is 1. The Kier molecular flexibility index (Phi) is 9.47. The number of aldehydes is 1. The van der Waals surface area contributed by atoms with E-state index in [0.717, 1.165) is 21.8 Å². The second-order valence-corrected chi connectivity index (χ2v) is 5.68. The molecule has 0 saturated carbocycles. The van der Waals surface area contributed by atoms with Crippen molar-refractivity contribution in [1.29, 1.82) is 0 Å². The third-order valence-corrected chi connectivity index (χ3v) is 3.68. The number of benzene rings is 2. The molecule has 29 heavy (non-hydrogen) atoms. The molecule has 0 aliphatic heterocycles. The normalized spacial score (nSPS) is 9.28. The summed E-state index contributed by atoms with van der Waals surface area (Å²) < 4.78 is 0. The first-order valence-electron chi connectivity index (χ1n) is 7.74. The van der Waals surface area contributed by atoms with Crippen LogP contribution in [0.25, 0.3) is 21.8 Å². The number of hydrogen-bond acceptors (Lipinski definition) is 7. The van der Waals surface area contributed by atoms with Gasteiger partial charge >= 0.3 is 17.1 Å². The van der Waals surface area contributed by atoms with Crippen molar-refractivity contribution in [2.24, 2.45) is 0 Å². The summed E-state index contributed by atoms with van der Waals surface area (Å²) in [4.78, 5) is 27.1. The first-order chi connectivity index (χ1) is 13.4. The second-order valence-electron chi connectivity index (χ2n) is 5.24. The van der Waals surface area contributed by atoms with E-state index in [1.54, 1.807) is 12.4 Å². The second kappa shape index (κ2) is 11.6. The summed E-state index contributed by atoms with van der Waals surface area (Å²) in [7, 11) is 0. The number of pyridine rings is 2. The van der Waals surface area contributed by atoms with Gasteiger partial charge in [0, 0.05) is 33.8 Å². The maximum atomic E-state index is 10.7. The molecule has 0 N–H and O–H groups in total. The third kappa shape index (κ3) is 7.00. The minimum atomic E-state index is -1.75. The fourth-order valence-electron chi connectivity index (χ4n) is 2.29. The number of hydrogen-bond donors (Lipinski definition) is 0. The zero-order valence-electron chi connectivity index (χ0n) is 14.5. The van der Waals surface area contributed by atoms with E-state index in [0.29, 0.717) is 11.3 Å². The van der Waals surface area contributed by atoms with Crippen LogP contribution in [0.3, 0.4) is 0 Å². The Balaban J connectivity index is 0.000000248. The molecule has 0 amide bonds. The Morgan fingerprint density at radius 2 is 1.38 bits per heavy atom. The third-order valence-electron chi connectivity index (χ3n) is 3.44. The van der Waals surface area contributed by atoms with Crippen LogP contribution in [0.15, 0.2) is 67.0 Å². The summed E-state index contributed by atoms with van der Waals surface area (Å²) in [6.45, 7) is 0. The number of aromatic nitrogens is 2. The molecule has 0 fully saturated rings. The summed E-state index contributed by atoms with van der Waals surface area (Å²) in [5.41, 5.74) is 2.06. The summed E-state index contributed by atoms with van der Waals surface area (Å²) in [6, 6.07) is 16.2. The molecular weight excluding hydrogens is 449 g/mol. The van der Waals surface area contributed by atoms with Gasteiger partial charge in [-0.25, -0.2) is 0 Å². The van der Waals surface area contributed by atoms with Gasteiger partial charge in [0.15, 0.2) is 0 Å². The van der Waals surface area contributed by atoms with E-state index in [-0.39, 0.29) is 28.4 Å². The smallest absolute Gasteiger partial charge is 0.872 e. The van der Waals surface area contributed by atoms with E-state index in [9.17, 15) is 9.90 Å². The molecular formula is C19H12ClCuN3O5. The molecule has 1 radical (unpaired) electrons. The molecule has 2 aromatic heterocycles. The van der Waals surface area contributed by atoms with Gasteiger partial charge in [-0.15, -0.1) is 0 Å². The topological polar surface area (TPSA) is 132 Å². The molecule has 2 aromatic carbocycles. The van der Waals surface area contributed by atoms with Crippen LogP contribution in [0.4, 0.5) is 0 Å². The van der Waals surface area contributed by atoms with E-state index in [1.165, 1.54) is 18.2 Å². The largest absolute Gasteiger partial charge is 2.00 e. The molecule has 4 aromatic rings. The average Bonchev–Trinajstić information content (AvgIpc) is 2.70. The molecule has 0 spiro atoms. The van der Waals surface area contributed by atoms with Gasteiger partial charge < -0.3 is 20.4 Å². The fourth-order valence-corrected chi connectivity index (χ4v) is 2.47. The van der Waals surface area contributed by atoms with Gasteiger partial charge in [0.25, 0.3) is 0 Å². The molecule has 0 atom stereocenters. The standard InChI is InChI=1S/C12H8N2.C7H5ClO2.Cu.NO3/c1-3-9-5-6-10-4-2-8-14-12(10)11(9)13-7-1;8-6-1-2-7(10)5(3-6)4-9;;2-1(3)4/h1-8H;1-4,10H;;/q;;+2;-1/p-1. The van der Waals surface area contributed by atoms with Crippen LogP contribution in [-0.2, 0) is 17.1 Å². The van der Waals surface area contributed by atoms with Crippen molar-refractivity contribution in [3.05, 3.63) is 92.9 Å². The Bertz CT molecular complexity index is 1070. The summed E-state index contributed by atoms with van der Waals surface area (Å²) in [6.07, 6.45) is 4.10. The summed E-state index contributed by atoms with van der Waals surface area (Å²) in [5.74, 6) is -0.292. The molecule has 151 valence electrons. The zero-order valence-corrected chi connectivity index (χ0v) is 16.2. The van der Waals surface area contributed by atoms with Crippen LogP contribution in [0.1, 0.15) is 10.4 Å². The SMILES string of the molecule is O=Cc1cc(Cl)ccc1[O-].O=[N+]([O-])[O-].[Cu+2].c1cnc2c(c1)ccc1cccnc12. The number of nitrogens with zero attached hydrogens (tertiary/aromatic N) is 3. The maximum absolute atomic E-state index is 10.7. The molecule has 4 rings (SSSR count). The van der Waals surface area contributed by atoms with Crippen molar-refractivity contribution < 1.29 is 32.1 Å². The first kappa shape index (κ1) is 23.8. The number of halogens is 1. The van der Waals surface area contributed by atoms with E-state index in [2.05, 4.69) is 34.2 Å². The van der Waals surface area contributed by atoms with Crippen LogP contribution in [0.5, 0.6) is 5.75 Å². The van der Waals surface area contributed by atoms with Crippen molar-refractivity contribution in [2.45, 2.75) is 0 Å². The minimum Gasteiger partial charge on any atom is -0.872 e. The van der Waals surface area contributed by atoms with Crippen LogP contribution in [-0.4, -0.2) is 21.3 Å². The Morgan fingerprint density at radius 3 is 1.79 bits per heavy atom. The predicted molar refractivity (Wildman–Crippen MR) is 104 cm³/mol. The van der Waals surface area contributed by atoms with E-state index in [1.807, 2.05) is 12.1 Å². The van der Waals surface area contributed by atoms with Gasteiger partial charge in [-0.3, -0.25) is 14.8 Å². The Morgan fingerprint density at radius 1 is 0.897 bits per heavy atom. The van der Waals surface area contributed by atoms with Gasteiger partial charge in [-0.1, -0.05) is 47.7 Å². The quantitative estimate of drug-likeness (QED) is 0.139. The Hall–Kier alpha value is -3.26. The molecule has 0 aliphatic carbocycles. The summed E-state index contributed by atoms with van der Waals surface area (Å²) >= 11 is 5.50. The predicted octanol–water partition coefficient (Wildman–Crippen LogP) is 3.77. The Labute approximate surface area is 180 Å². The minimum absolute atomic E-state index is 0. The molecule has 0 bridgehead atoms. The van der Waals surface area contributed by atoms with Gasteiger partial charge in [0.2, 0.25) is 0 Å². The van der Waals surface area contributed by atoms with E-state index >= 15 is 0 Å². The van der Waals surface area contributed by atoms with Gasteiger partial charge in [-0.05, 0) is 24.3 Å². The van der Waals surface area contributed by atoms with Crippen molar-refractivity contribution in [1.82, 2.24) is 9.97 Å². The zero-order chi connectivity index (χ0) is 20.5. The molecule has 0 unspecified atom stereocenters. The van der Waals surface area contributed by atoms with Crippen LogP contribution in [0, 0.1) is 15.3 Å². The molecule has 0 aliphatic rings. The maximum Gasteiger partial charge on any atom is 2.00 e. The van der Waals surface area contributed by atoms with Crippen LogP contribution >= 0.6 is 11.6 Å². The first-order valence-corrected chi connectivity index (χ1v) is 8.12. The number of fused-ring (bicyclic) bond motifs is 3. The van der Waals surface area contributed by atoms with E-state index in [4.69, 9.17) is 26.9 Å². The molecule has 8 nitrogen and oxygen atoms in total. The monoisotopic (exact) mass is 460 g/mol. The van der Waals surface area contributed by atoms with Crippen molar-refractivity contribution in [3.63, 3.8) is 0 Å². The number of rotatable bonds is 1. The molecule has 2 heterocycles. The molecule has 10 heteroatoms. The van der Waals surface area contributed by atoms with Crippen molar-refractivity contribution in [3.8, 4) is 5.75 Å². The number of carbonyl (C=O) groups excluding carboxylic acids is 1. The van der Waals surface area contributed by atoms with Gasteiger partial charge in [0.05, 0.1) is 16.1 Å². The van der Waals surface area contributed by atoms with Gasteiger partial charge in [0.1, 0.15) is 6.29 Å².